The van der Waals surface area contributed by atoms with Crippen molar-refractivity contribution in [2.75, 3.05) is 0 Å². The van der Waals surface area contributed by atoms with Gasteiger partial charge in [-0.05, 0) is 31.7 Å². The van der Waals surface area contributed by atoms with Crippen LogP contribution in [0.1, 0.15) is 30.9 Å². The fourth-order valence-electron chi connectivity index (χ4n) is 2.32. The molecule has 1 fully saturated rings. The third-order valence-corrected chi connectivity index (χ3v) is 3.53. The summed E-state index contributed by atoms with van der Waals surface area (Å²) in [5.74, 6) is 0. The Morgan fingerprint density at radius 1 is 1.53 bits per heavy atom. The van der Waals surface area contributed by atoms with E-state index in [9.17, 15) is 10.1 Å². The van der Waals surface area contributed by atoms with Gasteiger partial charge in [0, 0.05) is 23.7 Å². The minimum Gasteiger partial charge on any atom is -0.329 e. The van der Waals surface area contributed by atoms with Gasteiger partial charge in [-0.15, -0.1) is 0 Å². The second kappa shape index (κ2) is 3.55. The quantitative estimate of drug-likeness (QED) is 0.589. The number of hydrogen-bond donors (Lipinski definition) is 0. The van der Waals surface area contributed by atoms with Crippen LogP contribution in [0, 0.1) is 17.0 Å². The molecule has 3 rings (SSSR count). The average molecular weight is 231 g/mol. The van der Waals surface area contributed by atoms with Crippen molar-refractivity contribution < 1.29 is 4.92 Å². The molecule has 0 aliphatic heterocycles. The molecule has 5 heteroatoms. The molecule has 0 N–H and O–H groups in total. The number of rotatable bonds is 2. The van der Waals surface area contributed by atoms with Crippen molar-refractivity contribution in [1.82, 2.24) is 9.55 Å². The third kappa shape index (κ3) is 1.50. The van der Waals surface area contributed by atoms with E-state index < -0.39 is 4.92 Å². The van der Waals surface area contributed by atoms with Crippen LogP contribution in [-0.4, -0.2) is 14.5 Å². The molecule has 0 atom stereocenters. The van der Waals surface area contributed by atoms with Crippen LogP contribution < -0.4 is 0 Å². The Hall–Kier alpha value is -1.91. The standard InChI is InChI=1S/C12H13N3O2/c1-8-7-14(9-3-2-4-9)12-11(8)5-10(6-13-12)15(16)17/h5-7,9H,2-4H2,1H3. The highest BCUT2D eigenvalue weighted by Gasteiger charge is 2.22. The Morgan fingerprint density at radius 2 is 2.29 bits per heavy atom. The number of fused-ring (bicyclic) bond motifs is 1. The van der Waals surface area contributed by atoms with Gasteiger partial charge >= 0.3 is 0 Å². The average Bonchev–Trinajstić information content (AvgIpc) is 2.54. The van der Waals surface area contributed by atoms with E-state index in [4.69, 9.17) is 0 Å². The number of nitrogens with zero attached hydrogens (tertiary/aromatic N) is 3. The zero-order chi connectivity index (χ0) is 12.0. The summed E-state index contributed by atoms with van der Waals surface area (Å²) in [6.45, 7) is 1.98. The molecule has 0 aromatic carbocycles. The summed E-state index contributed by atoms with van der Waals surface area (Å²) in [7, 11) is 0. The number of pyridine rings is 1. The van der Waals surface area contributed by atoms with E-state index in [0.29, 0.717) is 6.04 Å². The summed E-state index contributed by atoms with van der Waals surface area (Å²) >= 11 is 0. The molecule has 1 aliphatic carbocycles. The lowest BCUT2D eigenvalue weighted by atomic mass is 9.93. The summed E-state index contributed by atoms with van der Waals surface area (Å²) in [5, 5.41) is 11.6. The summed E-state index contributed by atoms with van der Waals surface area (Å²) in [6.07, 6.45) is 7.03. The Morgan fingerprint density at radius 3 is 2.88 bits per heavy atom. The van der Waals surface area contributed by atoms with Crippen molar-refractivity contribution in [2.24, 2.45) is 0 Å². The molecule has 2 heterocycles. The molecule has 88 valence electrons. The first-order valence-corrected chi connectivity index (χ1v) is 5.78. The van der Waals surface area contributed by atoms with Gasteiger partial charge in [0.15, 0.2) is 0 Å². The van der Waals surface area contributed by atoms with Crippen LogP contribution in [0.15, 0.2) is 18.5 Å². The lowest BCUT2D eigenvalue weighted by Gasteiger charge is -2.27. The van der Waals surface area contributed by atoms with Crippen molar-refractivity contribution in [1.29, 1.82) is 0 Å². The van der Waals surface area contributed by atoms with E-state index in [1.54, 1.807) is 6.07 Å². The summed E-state index contributed by atoms with van der Waals surface area (Å²) < 4.78 is 2.16. The smallest absolute Gasteiger partial charge is 0.288 e. The first-order valence-electron chi connectivity index (χ1n) is 5.78. The van der Waals surface area contributed by atoms with Gasteiger partial charge in [-0.2, -0.15) is 0 Å². The predicted molar refractivity (Wildman–Crippen MR) is 64.0 cm³/mol. The van der Waals surface area contributed by atoms with Crippen molar-refractivity contribution in [3.8, 4) is 0 Å². The van der Waals surface area contributed by atoms with Crippen molar-refractivity contribution in [3.05, 3.63) is 34.1 Å². The lowest BCUT2D eigenvalue weighted by Crippen LogP contribution is -2.16. The summed E-state index contributed by atoms with van der Waals surface area (Å²) in [5.41, 5.74) is 1.99. The Bertz CT molecular complexity index is 599. The molecule has 2 aromatic rings. The van der Waals surface area contributed by atoms with Gasteiger partial charge in [-0.1, -0.05) is 0 Å². The lowest BCUT2D eigenvalue weighted by molar-refractivity contribution is -0.385. The molecule has 0 unspecified atom stereocenters. The molecule has 0 saturated heterocycles. The topological polar surface area (TPSA) is 61.0 Å². The first kappa shape index (κ1) is 10.3. The van der Waals surface area contributed by atoms with E-state index in [-0.39, 0.29) is 5.69 Å². The Labute approximate surface area is 98.2 Å². The molecular weight excluding hydrogens is 218 g/mol. The van der Waals surface area contributed by atoms with Gasteiger partial charge < -0.3 is 4.57 Å². The van der Waals surface area contributed by atoms with E-state index >= 15 is 0 Å². The zero-order valence-corrected chi connectivity index (χ0v) is 9.59. The fraction of sp³-hybridized carbons (Fsp3) is 0.417. The minimum absolute atomic E-state index is 0.0620. The molecule has 2 aromatic heterocycles. The zero-order valence-electron chi connectivity index (χ0n) is 9.59. The molecule has 17 heavy (non-hydrogen) atoms. The van der Waals surface area contributed by atoms with Crippen molar-refractivity contribution in [2.45, 2.75) is 32.2 Å². The van der Waals surface area contributed by atoms with Crippen LogP contribution in [0.3, 0.4) is 0 Å². The second-order valence-corrected chi connectivity index (χ2v) is 4.63. The maximum atomic E-state index is 10.7. The monoisotopic (exact) mass is 231 g/mol. The Kier molecular flexibility index (Phi) is 2.14. The van der Waals surface area contributed by atoms with Gasteiger partial charge in [-0.25, -0.2) is 4.98 Å². The highest BCUT2D eigenvalue weighted by Crippen LogP contribution is 2.35. The maximum absolute atomic E-state index is 10.7. The number of aromatic nitrogens is 2. The molecule has 0 radical (unpaired) electrons. The van der Waals surface area contributed by atoms with Crippen LogP contribution >= 0.6 is 0 Å². The molecule has 0 amide bonds. The van der Waals surface area contributed by atoms with Gasteiger partial charge in [-0.3, -0.25) is 10.1 Å². The number of aryl methyl sites for hydroxylation is 1. The van der Waals surface area contributed by atoms with Crippen LogP contribution in [0.25, 0.3) is 11.0 Å². The van der Waals surface area contributed by atoms with Crippen LogP contribution in [0.5, 0.6) is 0 Å². The summed E-state index contributed by atoms with van der Waals surface area (Å²) in [6, 6.07) is 2.15. The number of hydrogen-bond acceptors (Lipinski definition) is 3. The van der Waals surface area contributed by atoms with Crippen molar-refractivity contribution >= 4 is 16.7 Å². The third-order valence-electron chi connectivity index (χ3n) is 3.53. The van der Waals surface area contributed by atoms with E-state index in [2.05, 4.69) is 15.7 Å². The molecular formula is C12H13N3O2. The fourth-order valence-corrected chi connectivity index (χ4v) is 2.32. The molecule has 0 bridgehead atoms. The largest absolute Gasteiger partial charge is 0.329 e. The van der Waals surface area contributed by atoms with Gasteiger partial charge in [0.2, 0.25) is 0 Å². The van der Waals surface area contributed by atoms with Crippen LogP contribution in [-0.2, 0) is 0 Å². The normalized spacial score (nSPS) is 16.1. The van der Waals surface area contributed by atoms with Gasteiger partial charge in [0.25, 0.3) is 5.69 Å². The highest BCUT2D eigenvalue weighted by molar-refractivity contribution is 5.82. The van der Waals surface area contributed by atoms with Crippen LogP contribution in [0.2, 0.25) is 0 Å². The second-order valence-electron chi connectivity index (χ2n) is 4.63. The van der Waals surface area contributed by atoms with Gasteiger partial charge in [0.1, 0.15) is 11.8 Å². The molecule has 1 saturated carbocycles. The molecule has 5 nitrogen and oxygen atoms in total. The highest BCUT2D eigenvalue weighted by atomic mass is 16.6. The first-order chi connectivity index (χ1) is 8.16. The molecule has 1 aliphatic rings. The SMILES string of the molecule is Cc1cn(C2CCC2)c2ncc([N+](=O)[O-])cc12. The Balaban J connectivity index is 2.17. The van der Waals surface area contributed by atoms with E-state index in [1.807, 2.05) is 6.92 Å². The minimum atomic E-state index is -0.396. The maximum Gasteiger partial charge on any atom is 0.288 e. The van der Waals surface area contributed by atoms with E-state index in [0.717, 1.165) is 16.6 Å². The summed E-state index contributed by atoms with van der Waals surface area (Å²) in [4.78, 5) is 14.6. The van der Waals surface area contributed by atoms with Gasteiger partial charge in [0.05, 0.1) is 4.92 Å². The van der Waals surface area contributed by atoms with Crippen molar-refractivity contribution in [3.63, 3.8) is 0 Å². The molecule has 0 spiro atoms. The predicted octanol–water partition coefficient (Wildman–Crippen LogP) is 2.98. The van der Waals surface area contributed by atoms with Crippen LogP contribution in [0.4, 0.5) is 5.69 Å². The number of nitro groups is 1. The van der Waals surface area contributed by atoms with E-state index in [1.165, 1.54) is 25.5 Å².